The highest BCUT2D eigenvalue weighted by Crippen LogP contribution is 2.41. The number of nitrogens with one attached hydrogen (secondary N) is 1. The highest BCUT2D eigenvalue weighted by Gasteiger charge is 2.38. The minimum absolute atomic E-state index is 0.135. The predicted molar refractivity (Wildman–Crippen MR) is 86.7 cm³/mol. The van der Waals surface area contributed by atoms with Crippen LogP contribution in [0.4, 0.5) is 0 Å². The van der Waals surface area contributed by atoms with Crippen LogP contribution in [0.5, 0.6) is 0 Å². The second-order valence-corrected chi connectivity index (χ2v) is 7.21. The number of amides is 2. The zero-order chi connectivity index (χ0) is 15.0. The molecule has 1 fully saturated rings. The van der Waals surface area contributed by atoms with Gasteiger partial charge in [0.25, 0.3) is 0 Å². The van der Waals surface area contributed by atoms with Crippen LogP contribution in [-0.4, -0.2) is 11.8 Å². The normalized spacial score (nSPS) is 22.2. The van der Waals surface area contributed by atoms with Crippen LogP contribution in [0, 0.1) is 0 Å². The molecule has 108 valence electrons. The molecule has 2 heterocycles. The van der Waals surface area contributed by atoms with E-state index in [1.165, 1.54) is 0 Å². The zero-order valence-electron chi connectivity index (χ0n) is 10.8. The summed E-state index contributed by atoms with van der Waals surface area (Å²) in [4.78, 5) is 25.1. The summed E-state index contributed by atoms with van der Waals surface area (Å²) in [5.41, 5.74) is 0.874. The Kier molecular flexibility index (Phi) is 4.15. The van der Waals surface area contributed by atoms with Crippen LogP contribution in [-0.2, 0) is 9.59 Å². The molecule has 1 aliphatic rings. The molecule has 3 rings (SSSR count). The second-order valence-electron chi connectivity index (χ2n) is 4.92. The van der Waals surface area contributed by atoms with Gasteiger partial charge in [-0.1, -0.05) is 23.7 Å². The van der Waals surface area contributed by atoms with Crippen molar-refractivity contribution in [3.8, 4) is 0 Å². The predicted octanol–water partition coefficient (Wildman–Crippen LogP) is 4.08. The van der Waals surface area contributed by atoms with Gasteiger partial charge in [-0.25, -0.2) is 0 Å². The minimum Gasteiger partial charge on any atom is -0.296 e. The molecule has 2 unspecified atom stereocenters. The summed E-state index contributed by atoms with van der Waals surface area (Å²) in [6, 6.07) is 9.20. The molecule has 2 atom stereocenters. The number of halogens is 2. The molecule has 0 saturated carbocycles. The molecule has 1 aliphatic heterocycles. The van der Waals surface area contributed by atoms with E-state index >= 15 is 0 Å². The Bertz CT molecular complexity index is 698. The third-order valence-electron chi connectivity index (χ3n) is 3.54. The van der Waals surface area contributed by atoms with E-state index < -0.39 is 0 Å². The number of carbonyl (C=O) groups is 2. The van der Waals surface area contributed by atoms with Gasteiger partial charge in [-0.05, 0) is 39.7 Å². The van der Waals surface area contributed by atoms with Crippen LogP contribution in [0.1, 0.15) is 28.7 Å². The summed E-state index contributed by atoms with van der Waals surface area (Å²) in [5.74, 6) is -0.975. The van der Waals surface area contributed by atoms with Gasteiger partial charge < -0.3 is 0 Å². The smallest absolute Gasteiger partial charge is 0.234 e. The third-order valence-corrected chi connectivity index (χ3v) is 5.61. The lowest BCUT2D eigenvalue weighted by Crippen LogP contribution is -2.43. The number of carbonyl (C=O) groups excluding carboxylic acids is 2. The van der Waals surface area contributed by atoms with Crippen molar-refractivity contribution in [1.29, 1.82) is 0 Å². The topological polar surface area (TPSA) is 46.2 Å². The molecule has 1 N–H and O–H groups in total. The Hall–Kier alpha value is -1.17. The molecule has 1 aromatic carbocycles. The van der Waals surface area contributed by atoms with Gasteiger partial charge in [0, 0.05) is 32.1 Å². The van der Waals surface area contributed by atoms with E-state index in [1.807, 2.05) is 23.6 Å². The quantitative estimate of drug-likeness (QED) is 0.793. The molecule has 0 bridgehead atoms. The summed E-state index contributed by atoms with van der Waals surface area (Å²) >= 11 is 10.9. The van der Waals surface area contributed by atoms with E-state index in [0.29, 0.717) is 11.4 Å². The van der Waals surface area contributed by atoms with Gasteiger partial charge >= 0.3 is 0 Å². The minimum atomic E-state index is -0.370. The fourth-order valence-corrected chi connectivity index (χ4v) is 4.32. The van der Waals surface area contributed by atoms with Crippen LogP contribution in [0.3, 0.4) is 0 Å². The van der Waals surface area contributed by atoms with E-state index in [4.69, 9.17) is 11.6 Å². The number of thiophene rings is 1. The molecule has 3 nitrogen and oxygen atoms in total. The van der Waals surface area contributed by atoms with E-state index in [9.17, 15) is 9.59 Å². The average Bonchev–Trinajstić information content (AvgIpc) is 2.86. The fourth-order valence-electron chi connectivity index (χ4n) is 2.61. The molecule has 0 aliphatic carbocycles. The lowest BCUT2D eigenvalue weighted by atomic mass is 9.79. The first-order valence-electron chi connectivity index (χ1n) is 6.37. The van der Waals surface area contributed by atoms with Crippen molar-refractivity contribution in [2.24, 2.45) is 0 Å². The number of hydrogen-bond acceptors (Lipinski definition) is 3. The Morgan fingerprint density at radius 1 is 1.24 bits per heavy atom. The second kappa shape index (κ2) is 5.91. The number of piperidine rings is 1. The van der Waals surface area contributed by atoms with Crippen LogP contribution in [0.15, 0.2) is 40.2 Å². The molecule has 1 saturated heterocycles. The molecule has 6 heteroatoms. The van der Waals surface area contributed by atoms with Crippen molar-refractivity contribution in [3.63, 3.8) is 0 Å². The maximum Gasteiger partial charge on any atom is 0.234 e. The molecule has 1 aromatic heterocycles. The van der Waals surface area contributed by atoms with Gasteiger partial charge in [0.2, 0.25) is 11.8 Å². The standard InChI is InChI=1S/C15H11BrClNO2S/c16-9-5-12(21-7-9)11-6-13(19)18-15(20)14(11)8-1-3-10(17)4-2-8/h1-5,7,11,14H,6H2,(H,18,19,20). The fraction of sp³-hybridized carbons (Fsp3) is 0.200. The Labute approximate surface area is 139 Å². The number of hydrogen-bond donors (Lipinski definition) is 1. The maximum atomic E-state index is 12.3. The van der Waals surface area contributed by atoms with Gasteiger partial charge in [0.05, 0.1) is 5.92 Å². The molecule has 21 heavy (non-hydrogen) atoms. The van der Waals surface area contributed by atoms with E-state index in [2.05, 4.69) is 21.2 Å². The summed E-state index contributed by atoms with van der Waals surface area (Å²) in [6.07, 6.45) is 0.311. The van der Waals surface area contributed by atoms with E-state index in [0.717, 1.165) is 14.9 Å². The van der Waals surface area contributed by atoms with Gasteiger partial charge in [0.15, 0.2) is 0 Å². The number of imide groups is 1. The summed E-state index contributed by atoms with van der Waals surface area (Å²) in [7, 11) is 0. The first kappa shape index (κ1) is 14.8. The molecule has 0 spiro atoms. The summed E-state index contributed by atoms with van der Waals surface area (Å²) in [6.45, 7) is 0. The Morgan fingerprint density at radius 2 is 1.95 bits per heavy atom. The lowest BCUT2D eigenvalue weighted by Gasteiger charge is -2.29. The first-order valence-corrected chi connectivity index (χ1v) is 8.43. The maximum absolute atomic E-state index is 12.3. The van der Waals surface area contributed by atoms with Crippen molar-refractivity contribution < 1.29 is 9.59 Å². The van der Waals surface area contributed by atoms with Gasteiger partial charge in [-0.2, -0.15) is 0 Å². The highest BCUT2D eigenvalue weighted by atomic mass is 79.9. The highest BCUT2D eigenvalue weighted by molar-refractivity contribution is 9.10. The Morgan fingerprint density at radius 3 is 2.57 bits per heavy atom. The average molecular weight is 385 g/mol. The Balaban J connectivity index is 2.02. The van der Waals surface area contributed by atoms with Crippen LogP contribution in [0.25, 0.3) is 0 Å². The van der Waals surface area contributed by atoms with Gasteiger partial charge in [0.1, 0.15) is 0 Å². The number of rotatable bonds is 2. The number of benzene rings is 1. The molecular formula is C15H11BrClNO2S. The first-order chi connectivity index (χ1) is 10.0. The molecular weight excluding hydrogens is 374 g/mol. The van der Waals surface area contributed by atoms with Gasteiger partial charge in [-0.3, -0.25) is 14.9 Å². The van der Waals surface area contributed by atoms with Crippen molar-refractivity contribution in [2.75, 3.05) is 0 Å². The SMILES string of the molecule is O=C1CC(c2cc(Br)cs2)C(c2ccc(Cl)cc2)C(=O)N1. The molecule has 2 aromatic rings. The molecule has 2 amide bonds. The van der Waals surface area contributed by atoms with Crippen LogP contribution in [0.2, 0.25) is 5.02 Å². The zero-order valence-corrected chi connectivity index (χ0v) is 14.0. The van der Waals surface area contributed by atoms with Crippen molar-refractivity contribution in [1.82, 2.24) is 5.32 Å². The van der Waals surface area contributed by atoms with Crippen LogP contribution >= 0.6 is 38.9 Å². The van der Waals surface area contributed by atoms with E-state index in [1.54, 1.807) is 23.5 Å². The van der Waals surface area contributed by atoms with Gasteiger partial charge in [-0.15, -0.1) is 11.3 Å². The largest absolute Gasteiger partial charge is 0.296 e. The summed E-state index contributed by atoms with van der Waals surface area (Å²) in [5, 5.41) is 5.02. The molecule has 0 radical (unpaired) electrons. The van der Waals surface area contributed by atoms with E-state index in [-0.39, 0.29) is 23.7 Å². The lowest BCUT2D eigenvalue weighted by molar-refractivity contribution is -0.135. The third kappa shape index (κ3) is 3.05. The summed E-state index contributed by atoms with van der Waals surface area (Å²) < 4.78 is 0.968. The van der Waals surface area contributed by atoms with Crippen molar-refractivity contribution in [3.05, 3.63) is 55.6 Å². The monoisotopic (exact) mass is 383 g/mol. The van der Waals surface area contributed by atoms with Crippen LogP contribution < -0.4 is 5.32 Å². The van der Waals surface area contributed by atoms with Crippen molar-refractivity contribution >= 4 is 50.7 Å². The van der Waals surface area contributed by atoms with Crippen molar-refractivity contribution in [2.45, 2.75) is 18.3 Å².